The fourth-order valence-corrected chi connectivity index (χ4v) is 3.25. The molecule has 0 unspecified atom stereocenters. The summed E-state index contributed by atoms with van der Waals surface area (Å²) >= 11 is 5.20. The van der Waals surface area contributed by atoms with E-state index in [2.05, 4.69) is 15.5 Å². The van der Waals surface area contributed by atoms with Crippen molar-refractivity contribution in [2.75, 3.05) is 0 Å². The van der Waals surface area contributed by atoms with Crippen LogP contribution in [0.3, 0.4) is 0 Å². The van der Waals surface area contributed by atoms with Gasteiger partial charge in [-0.15, -0.1) is 0 Å². The second-order valence-electron chi connectivity index (χ2n) is 6.37. The van der Waals surface area contributed by atoms with Gasteiger partial charge in [0.2, 0.25) is 5.11 Å². The number of phenols is 2. The summed E-state index contributed by atoms with van der Waals surface area (Å²) in [6.45, 7) is 0. The predicted molar refractivity (Wildman–Crippen MR) is 122 cm³/mol. The molecule has 0 radical (unpaired) electrons. The minimum absolute atomic E-state index is 0.124. The Kier molecular flexibility index (Phi) is 5.18. The van der Waals surface area contributed by atoms with Gasteiger partial charge in [0, 0.05) is 17.3 Å². The highest BCUT2D eigenvalue weighted by molar-refractivity contribution is 7.80. The lowest BCUT2D eigenvalue weighted by atomic mass is 10.0. The molecule has 4 rings (SSSR count). The number of aromatic hydroxyl groups is 2. The van der Waals surface area contributed by atoms with Crippen LogP contribution in [0.25, 0.3) is 21.5 Å². The van der Waals surface area contributed by atoms with E-state index in [-0.39, 0.29) is 16.6 Å². The quantitative estimate of drug-likeness (QED) is 0.264. The van der Waals surface area contributed by atoms with Crippen molar-refractivity contribution in [3.8, 4) is 11.5 Å². The normalized spacial score (nSPS) is 11.6. The third kappa shape index (κ3) is 3.93. The molecular weight excluding hydrogens is 382 g/mol. The fraction of sp³-hybridized carbons (Fsp3) is 0. The number of phenolic OH excluding ortho intramolecular Hbond substituents is 2. The summed E-state index contributed by atoms with van der Waals surface area (Å²) in [6.07, 6.45) is 3.02. The Morgan fingerprint density at radius 2 is 1.24 bits per heavy atom. The van der Waals surface area contributed by atoms with E-state index in [1.807, 2.05) is 60.7 Å². The Bertz CT molecular complexity index is 1280. The number of hydrogen-bond donors (Lipinski definition) is 3. The molecular formula is C23H17N3O2S. The summed E-state index contributed by atoms with van der Waals surface area (Å²) in [5.74, 6) is 0.253. The molecule has 0 aliphatic carbocycles. The molecule has 0 aliphatic rings. The number of thiocarbonyl (C=S) groups is 1. The maximum atomic E-state index is 10.2. The zero-order valence-electron chi connectivity index (χ0n) is 15.3. The Hall–Kier alpha value is -3.77. The lowest BCUT2D eigenvalue weighted by molar-refractivity contribution is 0.475. The third-order valence-corrected chi connectivity index (χ3v) is 4.76. The molecule has 0 fully saturated rings. The van der Waals surface area contributed by atoms with E-state index in [0.29, 0.717) is 11.1 Å². The van der Waals surface area contributed by atoms with Crippen molar-refractivity contribution in [1.82, 2.24) is 5.43 Å². The van der Waals surface area contributed by atoms with Crippen LogP contribution in [0.4, 0.5) is 0 Å². The van der Waals surface area contributed by atoms with Crippen molar-refractivity contribution in [3.05, 3.63) is 83.9 Å². The number of nitrogens with one attached hydrogen (secondary N) is 1. The number of benzene rings is 4. The smallest absolute Gasteiger partial charge is 0.213 e. The first kappa shape index (κ1) is 18.6. The van der Waals surface area contributed by atoms with Crippen molar-refractivity contribution in [2.45, 2.75) is 0 Å². The number of rotatable bonds is 3. The van der Waals surface area contributed by atoms with Gasteiger partial charge in [-0.1, -0.05) is 60.7 Å². The molecule has 0 saturated carbocycles. The zero-order chi connectivity index (χ0) is 20.2. The standard InChI is InChI=1S/C23H17N3O2S/c27-21-11-9-15-5-1-3-7-17(15)19(21)13-24-23(29)26-25-14-20-18-8-4-2-6-16(18)10-12-22(20)28/h1-14,27-28H,(H,26,29)/b24-13+,25-14-. The third-order valence-electron chi connectivity index (χ3n) is 4.56. The lowest BCUT2D eigenvalue weighted by Crippen LogP contribution is -2.12. The molecule has 0 aliphatic heterocycles. The molecule has 0 heterocycles. The number of aliphatic imine (C=N–C) groups is 1. The fourth-order valence-electron chi connectivity index (χ4n) is 3.14. The number of fused-ring (bicyclic) bond motifs is 2. The molecule has 5 nitrogen and oxygen atoms in total. The van der Waals surface area contributed by atoms with E-state index in [0.717, 1.165) is 21.5 Å². The van der Waals surface area contributed by atoms with E-state index < -0.39 is 0 Å². The monoisotopic (exact) mass is 399 g/mol. The van der Waals surface area contributed by atoms with E-state index >= 15 is 0 Å². The van der Waals surface area contributed by atoms with E-state index in [4.69, 9.17) is 12.2 Å². The molecule has 142 valence electrons. The van der Waals surface area contributed by atoms with Crippen LogP contribution in [0.2, 0.25) is 0 Å². The van der Waals surface area contributed by atoms with E-state index in [1.54, 1.807) is 12.1 Å². The Labute approximate surface area is 172 Å². The predicted octanol–water partition coefficient (Wildman–Crippen LogP) is 4.73. The van der Waals surface area contributed by atoms with Crippen LogP contribution >= 0.6 is 12.2 Å². The van der Waals surface area contributed by atoms with Crippen molar-refractivity contribution >= 4 is 51.3 Å². The SMILES string of the molecule is Oc1ccc2ccccc2c1/C=N\NC(=S)/N=C/c1c(O)ccc2ccccc12. The van der Waals surface area contributed by atoms with Gasteiger partial charge in [0.05, 0.1) is 6.21 Å². The summed E-state index contributed by atoms with van der Waals surface area (Å²) in [5.41, 5.74) is 3.85. The minimum Gasteiger partial charge on any atom is -0.507 e. The van der Waals surface area contributed by atoms with Gasteiger partial charge in [0.25, 0.3) is 0 Å². The molecule has 0 atom stereocenters. The maximum Gasteiger partial charge on any atom is 0.213 e. The maximum absolute atomic E-state index is 10.2. The summed E-state index contributed by atoms with van der Waals surface area (Å²) in [5, 5.41) is 28.3. The Morgan fingerprint density at radius 1 is 0.724 bits per heavy atom. The Morgan fingerprint density at radius 3 is 1.83 bits per heavy atom. The second-order valence-corrected chi connectivity index (χ2v) is 6.76. The van der Waals surface area contributed by atoms with E-state index in [9.17, 15) is 10.2 Å². The molecule has 0 spiro atoms. The van der Waals surface area contributed by atoms with Crippen LogP contribution in [0.15, 0.2) is 82.9 Å². The summed E-state index contributed by atoms with van der Waals surface area (Å²) in [6, 6.07) is 22.4. The summed E-state index contributed by atoms with van der Waals surface area (Å²) in [4.78, 5) is 4.18. The number of hydrazone groups is 1. The van der Waals surface area contributed by atoms with Gasteiger partial charge in [-0.2, -0.15) is 5.10 Å². The van der Waals surface area contributed by atoms with Crippen molar-refractivity contribution in [3.63, 3.8) is 0 Å². The van der Waals surface area contributed by atoms with Crippen LogP contribution < -0.4 is 5.43 Å². The van der Waals surface area contributed by atoms with Crippen molar-refractivity contribution in [1.29, 1.82) is 0 Å². The van der Waals surface area contributed by atoms with Gasteiger partial charge >= 0.3 is 0 Å². The molecule has 6 heteroatoms. The minimum atomic E-state index is 0.124. The molecule has 0 bridgehead atoms. The molecule has 29 heavy (non-hydrogen) atoms. The zero-order valence-corrected chi connectivity index (χ0v) is 16.1. The van der Waals surface area contributed by atoms with Crippen LogP contribution in [0, 0.1) is 0 Å². The van der Waals surface area contributed by atoms with Gasteiger partial charge in [0.15, 0.2) is 0 Å². The first-order chi connectivity index (χ1) is 14.1. The topological polar surface area (TPSA) is 77.2 Å². The molecule has 0 amide bonds. The highest BCUT2D eigenvalue weighted by Crippen LogP contribution is 2.26. The summed E-state index contributed by atoms with van der Waals surface area (Å²) in [7, 11) is 0. The highest BCUT2D eigenvalue weighted by atomic mass is 32.1. The van der Waals surface area contributed by atoms with Crippen LogP contribution in [0.5, 0.6) is 11.5 Å². The van der Waals surface area contributed by atoms with Crippen LogP contribution in [-0.2, 0) is 0 Å². The second kappa shape index (κ2) is 8.08. The molecule has 0 aromatic heterocycles. The van der Waals surface area contributed by atoms with Gasteiger partial charge in [-0.25, -0.2) is 4.99 Å². The van der Waals surface area contributed by atoms with Gasteiger partial charge < -0.3 is 10.2 Å². The Balaban J connectivity index is 1.53. The number of hydrogen-bond acceptors (Lipinski definition) is 4. The van der Waals surface area contributed by atoms with E-state index in [1.165, 1.54) is 12.4 Å². The summed E-state index contributed by atoms with van der Waals surface area (Å²) < 4.78 is 0. The first-order valence-electron chi connectivity index (χ1n) is 8.92. The van der Waals surface area contributed by atoms with Gasteiger partial charge in [-0.05, 0) is 45.9 Å². The lowest BCUT2D eigenvalue weighted by Gasteiger charge is -2.05. The average Bonchev–Trinajstić information content (AvgIpc) is 2.74. The van der Waals surface area contributed by atoms with Gasteiger partial charge in [0.1, 0.15) is 11.5 Å². The first-order valence-corrected chi connectivity index (χ1v) is 9.33. The molecule has 3 N–H and O–H groups in total. The highest BCUT2D eigenvalue weighted by Gasteiger charge is 2.05. The average molecular weight is 399 g/mol. The van der Waals surface area contributed by atoms with Crippen LogP contribution in [0.1, 0.15) is 11.1 Å². The molecule has 4 aromatic carbocycles. The molecule has 0 saturated heterocycles. The van der Waals surface area contributed by atoms with Crippen molar-refractivity contribution in [2.24, 2.45) is 10.1 Å². The van der Waals surface area contributed by atoms with Gasteiger partial charge in [-0.3, -0.25) is 5.43 Å². The number of nitrogens with zero attached hydrogens (tertiary/aromatic N) is 2. The van der Waals surface area contributed by atoms with Crippen molar-refractivity contribution < 1.29 is 10.2 Å². The molecule has 4 aromatic rings. The largest absolute Gasteiger partial charge is 0.507 e. The van der Waals surface area contributed by atoms with Crippen LogP contribution in [-0.4, -0.2) is 27.8 Å².